The minimum Gasteiger partial charge on any atom is -0.340 e. The molecule has 2 heterocycles. The summed E-state index contributed by atoms with van der Waals surface area (Å²) in [5, 5.41) is 7.40. The third kappa shape index (κ3) is 13.8. The molecule has 55 heavy (non-hydrogen) atoms. The second kappa shape index (κ2) is 23.1. The molecule has 0 aliphatic heterocycles. The average Bonchev–Trinajstić information content (AvgIpc) is 3.47. The van der Waals surface area contributed by atoms with Gasteiger partial charge in [-0.05, 0) is 137 Å². The van der Waals surface area contributed by atoms with Crippen molar-refractivity contribution in [2.45, 2.75) is 133 Å². The van der Waals surface area contributed by atoms with Crippen molar-refractivity contribution in [2.75, 3.05) is 20.6 Å². The van der Waals surface area contributed by atoms with E-state index in [-0.39, 0.29) is 28.9 Å². The van der Waals surface area contributed by atoms with Gasteiger partial charge in [-0.25, -0.2) is 4.39 Å². The molecule has 0 fully saturated rings. The number of Topliss-reactive ketones (excluding diaryl/α,β-unsaturated/α-hetero) is 2. The Labute approximate surface area is 332 Å². The van der Waals surface area contributed by atoms with Gasteiger partial charge in [0, 0.05) is 41.5 Å². The van der Waals surface area contributed by atoms with Crippen molar-refractivity contribution in [1.29, 1.82) is 0 Å². The predicted molar refractivity (Wildman–Crippen MR) is 232 cm³/mol. The first kappa shape index (κ1) is 47.0. The highest BCUT2D eigenvalue weighted by Gasteiger charge is 2.26. The SMILES string of the molecule is C#CCCCCNC.CC(=O)C(C)C.CCn1c(-c2cccnc2C(C)C)c(CC(C)(C)CC)c2cc(-c3cc(CF)cc(CC(NC)C(C)=O)c3)ccc21. The summed E-state index contributed by atoms with van der Waals surface area (Å²) in [5.41, 5.74) is 9.88. The molecule has 0 saturated carbocycles. The summed E-state index contributed by atoms with van der Waals surface area (Å²) in [6.45, 7) is 21.9. The number of pyridine rings is 1. The van der Waals surface area contributed by atoms with Crippen LogP contribution in [0.1, 0.15) is 123 Å². The Morgan fingerprint density at radius 3 is 2.15 bits per heavy atom. The molecule has 0 radical (unpaired) electrons. The number of aryl methyl sites for hydroxylation is 1. The van der Waals surface area contributed by atoms with E-state index in [1.165, 1.54) is 34.1 Å². The number of benzene rings is 2. The number of hydrogen-bond acceptors (Lipinski definition) is 5. The van der Waals surface area contributed by atoms with E-state index < -0.39 is 6.67 Å². The fourth-order valence-corrected chi connectivity index (χ4v) is 6.44. The van der Waals surface area contributed by atoms with Crippen LogP contribution in [0.3, 0.4) is 0 Å². The van der Waals surface area contributed by atoms with Gasteiger partial charge in [-0.2, -0.15) is 0 Å². The van der Waals surface area contributed by atoms with E-state index in [1.807, 2.05) is 45.3 Å². The molecule has 0 aliphatic carbocycles. The molecule has 1 atom stereocenters. The zero-order valence-corrected chi connectivity index (χ0v) is 36.0. The number of unbranched alkanes of at least 4 members (excludes halogenated alkanes) is 2. The zero-order chi connectivity index (χ0) is 41.3. The topological polar surface area (TPSA) is 76.0 Å². The van der Waals surface area contributed by atoms with Crippen LogP contribution in [0.25, 0.3) is 33.3 Å². The smallest absolute Gasteiger partial charge is 0.147 e. The monoisotopic (exact) mass is 753 g/mol. The molecule has 4 aromatic rings. The minimum atomic E-state index is -0.543. The van der Waals surface area contributed by atoms with Crippen molar-refractivity contribution < 1.29 is 14.0 Å². The quantitative estimate of drug-likeness (QED) is 0.0830. The van der Waals surface area contributed by atoms with E-state index in [0.29, 0.717) is 17.9 Å². The van der Waals surface area contributed by atoms with Gasteiger partial charge in [0.25, 0.3) is 0 Å². The molecule has 6 nitrogen and oxygen atoms in total. The van der Waals surface area contributed by atoms with Crippen LogP contribution < -0.4 is 10.6 Å². The number of alkyl halides is 1. The normalized spacial score (nSPS) is 11.8. The summed E-state index contributed by atoms with van der Waals surface area (Å²) in [6, 6.07) is 16.6. The maximum atomic E-state index is 14.0. The van der Waals surface area contributed by atoms with Gasteiger partial charge in [0.05, 0.1) is 17.4 Å². The summed E-state index contributed by atoms with van der Waals surface area (Å²) in [5.74, 6) is 3.45. The number of aromatic nitrogens is 2. The first-order chi connectivity index (χ1) is 26.1. The number of rotatable bonds is 17. The van der Waals surface area contributed by atoms with Crippen molar-refractivity contribution in [1.82, 2.24) is 20.2 Å². The molecule has 300 valence electrons. The van der Waals surface area contributed by atoms with Gasteiger partial charge < -0.3 is 15.2 Å². The molecule has 4 rings (SSSR count). The number of hydrogen-bond donors (Lipinski definition) is 2. The maximum absolute atomic E-state index is 14.0. The predicted octanol–water partition coefficient (Wildman–Crippen LogP) is 10.9. The number of nitrogens with one attached hydrogen (secondary N) is 2. The minimum absolute atomic E-state index is 0.0777. The summed E-state index contributed by atoms with van der Waals surface area (Å²) in [4.78, 5) is 27.1. The molecule has 2 aromatic carbocycles. The number of likely N-dealkylation sites (N-methyl/N-ethyl adjacent to an activating group) is 1. The van der Waals surface area contributed by atoms with Crippen molar-refractivity contribution in [2.24, 2.45) is 11.3 Å². The van der Waals surface area contributed by atoms with Crippen molar-refractivity contribution >= 4 is 22.5 Å². The Hall–Kier alpha value is -4.12. The third-order valence-electron chi connectivity index (χ3n) is 10.4. The summed E-state index contributed by atoms with van der Waals surface area (Å²) in [6.07, 6.45) is 12.7. The molecule has 7 heteroatoms. The molecule has 0 spiro atoms. The second-order valence-electron chi connectivity index (χ2n) is 15.9. The largest absolute Gasteiger partial charge is 0.340 e. The summed E-state index contributed by atoms with van der Waals surface area (Å²) >= 11 is 0. The number of halogens is 1. The van der Waals surface area contributed by atoms with E-state index >= 15 is 0 Å². The van der Waals surface area contributed by atoms with Crippen LogP contribution >= 0.6 is 0 Å². The van der Waals surface area contributed by atoms with Crippen LogP contribution in [-0.4, -0.2) is 47.8 Å². The molecule has 0 saturated heterocycles. The molecular weight excluding hydrogens is 684 g/mol. The maximum Gasteiger partial charge on any atom is 0.147 e. The number of carbonyl (C=O) groups excluding carboxylic acids is 2. The first-order valence-electron chi connectivity index (χ1n) is 20.1. The number of nitrogens with zero attached hydrogens (tertiary/aromatic N) is 2. The Bertz CT molecular complexity index is 1860. The lowest BCUT2D eigenvalue weighted by atomic mass is 9.81. The molecule has 2 N–H and O–H groups in total. The number of ketones is 2. The van der Waals surface area contributed by atoms with Gasteiger partial charge in [0.1, 0.15) is 18.2 Å². The lowest BCUT2D eigenvalue weighted by Crippen LogP contribution is -2.34. The van der Waals surface area contributed by atoms with Crippen LogP contribution in [0.2, 0.25) is 0 Å². The van der Waals surface area contributed by atoms with Gasteiger partial charge in [0.2, 0.25) is 0 Å². The summed E-state index contributed by atoms with van der Waals surface area (Å²) in [7, 11) is 3.75. The molecule has 0 aliphatic rings. The number of fused-ring (bicyclic) bond motifs is 1. The van der Waals surface area contributed by atoms with Crippen LogP contribution in [0.4, 0.5) is 4.39 Å². The van der Waals surface area contributed by atoms with Gasteiger partial charge in [-0.3, -0.25) is 14.6 Å². The van der Waals surface area contributed by atoms with Crippen LogP contribution in [0.15, 0.2) is 54.7 Å². The van der Waals surface area contributed by atoms with Crippen molar-refractivity contribution in [3.63, 3.8) is 0 Å². The molecule has 0 bridgehead atoms. The van der Waals surface area contributed by atoms with Gasteiger partial charge in [-0.1, -0.05) is 73.1 Å². The second-order valence-corrected chi connectivity index (χ2v) is 15.9. The standard InChI is InChI=1S/C36H46FN3O.C7H13N.C5H10O/c1-9-36(6,7)21-31-30-20-27(28-17-25(16-26(18-28)22-37)19-32(38-8)24(5)41)13-14-33(30)40(10-2)35(31)29-12-11-15-39-34(29)23(3)4;1-3-4-5-6-7-8-2;1-4(2)5(3)6/h11-18,20,23,32,38H,9-10,19,21-22H2,1-8H3;1,8H,4-7H2,2H3;4H,1-3H3. The molecule has 0 amide bonds. The fraction of sp³-hybridized carbons (Fsp3) is 0.521. The first-order valence-corrected chi connectivity index (χ1v) is 20.1. The average molecular weight is 753 g/mol. The number of terminal acetylenes is 1. The molecule has 2 aromatic heterocycles. The third-order valence-corrected chi connectivity index (χ3v) is 10.4. The Kier molecular flexibility index (Phi) is 19.7. The molecule has 1 unspecified atom stereocenters. The van der Waals surface area contributed by atoms with E-state index in [9.17, 15) is 14.0 Å². The van der Waals surface area contributed by atoms with E-state index in [1.54, 1.807) is 20.9 Å². The Morgan fingerprint density at radius 2 is 1.62 bits per heavy atom. The van der Waals surface area contributed by atoms with Crippen LogP contribution in [0.5, 0.6) is 0 Å². The van der Waals surface area contributed by atoms with Gasteiger partial charge >= 0.3 is 0 Å². The lowest BCUT2D eigenvalue weighted by molar-refractivity contribution is -0.120. The van der Waals surface area contributed by atoms with Crippen LogP contribution in [-0.2, 0) is 35.7 Å². The fourth-order valence-electron chi connectivity index (χ4n) is 6.44. The van der Waals surface area contributed by atoms with Gasteiger partial charge in [-0.15, -0.1) is 12.3 Å². The molecular formula is C48H69FN4O2. The number of carbonyl (C=O) groups is 2. The highest BCUT2D eigenvalue weighted by atomic mass is 19.1. The zero-order valence-electron chi connectivity index (χ0n) is 36.0. The van der Waals surface area contributed by atoms with Crippen molar-refractivity contribution in [3.05, 3.63) is 77.1 Å². The van der Waals surface area contributed by atoms with Crippen LogP contribution in [0, 0.1) is 23.7 Å². The Morgan fingerprint density at radius 1 is 0.945 bits per heavy atom. The highest BCUT2D eigenvalue weighted by Crippen LogP contribution is 2.42. The van der Waals surface area contributed by atoms with E-state index in [2.05, 4.69) is 93.0 Å². The Balaban J connectivity index is 0.000000634. The lowest BCUT2D eigenvalue weighted by Gasteiger charge is -2.24. The van der Waals surface area contributed by atoms with Gasteiger partial charge in [0.15, 0.2) is 0 Å². The van der Waals surface area contributed by atoms with E-state index in [4.69, 9.17) is 11.4 Å². The van der Waals surface area contributed by atoms with Crippen molar-refractivity contribution in [3.8, 4) is 34.7 Å². The van der Waals surface area contributed by atoms with E-state index in [0.717, 1.165) is 61.2 Å². The summed E-state index contributed by atoms with van der Waals surface area (Å²) < 4.78 is 16.5. The highest BCUT2D eigenvalue weighted by molar-refractivity contribution is 5.95.